The van der Waals surface area contributed by atoms with Crippen LogP contribution in [0.3, 0.4) is 0 Å². The van der Waals surface area contributed by atoms with Gasteiger partial charge in [-0.15, -0.1) is 0 Å². The molecular weight excluding hydrogens is 136 g/mol. The van der Waals surface area contributed by atoms with Crippen LogP contribution in [0.1, 0.15) is 18.0 Å². The minimum Gasteiger partial charge on any atom is -0.261 e. The van der Waals surface area contributed by atoms with Crippen LogP contribution in [0.4, 0.5) is 0 Å². The van der Waals surface area contributed by atoms with Gasteiger partial charge in [0.1, 0.15) is 0 Å². The third-order valence-corrected chi connectivity index (χ3v) is 2.02. The van der Waals surface area contributed by atoms with Crippen molar-refractivity contribution in [2.45, 2.75) is 12.3 Å². The summed E-state index contributed by atoms with van der Waals surface area (Å²) < 4.78 is 0. The van der Waals surface area contributed by atoms with Gasteiger partial charge >= 0.3 is 0 Å². The zero-order valence-corrected chi connectivity index (χ0v) is 6.07. The molecule has 0 radical (unpaired) electrons. The molecule has 0 bridgehead atoms. The molecule has 1 fully saturated rings. The van der Waals surface area contributed by atoms with Crippen LogP contribution < -0.4 is 0 Å². The van der Waals surface area contributed by atoms with E-state index < -0.39 is 0 Å². The normalized spacial score (nSPS) is 27.5. The molecule has 0 spiro atoms. The highest BCUT2D eigenvalue weighted by atomic mass is 14.7. The van der Waals surface area contributed by atoms with Gasteiger partial charge in [0.25, 0.3) is 0 Å². The van der Waals surface area contributed by atoms with Gasteiger partial charge in [0, 0.05) is 17.8 Å². The van der Waals surface area contributed by atoms with Gasteiger partial charge in [-0.05, 0) is 18.6 Å². The summed E-state index contributed by atoms with van der Waals surface area (Å²) >= 11 is 0. The van der Waals surface area contributed by atoms with Crippen molar-refractivity contribution in [3.63, 3.8) is 0 Å². The van der Waals surface area contributed by atoms with Gasteiger partial charge in [-0.3, -0.25) is 4.98 Å². The van der Waals surface area contributed by atoms with Crippen molar-refractivity contribution in [3.8, 4) is 6.07 Å². The molecule has 0 aliphatic heterocycles. The van der Waals surface area contributed by atoms with E-state index in [1.165, 1.54) is 0 Å². The third kappa shape index (κ3) is 1.10. The molecule has 0 aromatic carbocycles. The summed E-state index contributed by atoms with van der Waals surface area (Å²) in [5, 5.41) is 8.56. The van der Waals surface area contributed by atoms with Crippen LogP contribution in [0.5, 0.6) is 0 Å². The molecule has 0 N–H and O–H groups in total. The van der Waals surface area contributed by atoms with E-state index in [1.807, 2.05) is 18.2 Å². The summed E-state index contributed by atoms with van der Waals surface area (Å²) in [6, 6.07) is 8.10. The highest BCUT2D eigenvalue weighted by Gasteiger charge is 2.39. The first-order chi connectivity index (χ1) is 5.42. The number of nitriles is 1. The molecule has 0 saturated heterocycles. The average Bonchev–Trinajstić information content (AvgIpc) is 2.85. The average molecular weight is 144 g/mol. The molecule has 11 heavy (non-hydrogen) atoms. The lowest BCUT2D eigenvalue weighted by molar-refractivity contribution is 0.962. The van der Waals surface area contributed by atoms with E-state index in [0.29, 0.717) is 5.92 Å². The first kappa shape index (κ1) is 6.36. The number of aromatic nitrogens is 1. The number of hydrogen-bond donors (Lipinski definition) is 0. The molecule has 54 valence electrons. The zero-order chi connectivity index (χ0) is 7.68. The predicted octanol–water partition coefficient (Wildman–Crippen LogP) is 1.71. The Hall–Kier alpha value is -1.36. The highest BCUT2D eigenvalue weighted by Crippen LogP contribution is 2.45. The molecule has 1 heterocycles. The number of rotatable bonds is 1. The van der Waals surface area contributed by atoms with Crippen LogP contribution >= 0.6 is 0 Å². The fraction of sp³-hybridized carbons (Fsp3) is 0.333. The Kier molecular flexibility index (Phi) is 1.36. The molecule has 2 rings (SSSR count). The fourth-order valence-corrected chi connectivity index (χ4v) is 1.26. The standard InChI is InChI=1S/C9H8N2/c10-6-7-5-8(7)9-3-1-2-4-11-9/h1-4,7-8H,5H2. The van der Waals surface area contributed by atoms with Crippen LogP contribution in [-0.4, -0.2) is 4.98 Å². The van der Waals surface area contributed by atoms with Gasteiger partial charge < -0.3 is 0 Å². The molecule has 1 aliphatic carbocycles. The molecule has 1 aliphatic rings. The smallest absolute Gasteiger partial charge is 0.0663 e. The molecular formula is C9H8N2. The Bertz CT molecular complexity index is 286. The quantitative estimate of drug-likeness (QED) is 0.601. The van der Waals surface area contributed by atoms with Crippen molar-refractivity contribution < 1.29 is 0 Å². The second-order valence-corrected chi connectivity index (χ2v) is 2.83. The maximum absolute atomic E-state index is 8.56. The molecule has 1 aromatic heterocycles. The van der Waals surface area contributed by atoms with Gasteiger partial charge in [-0.2, -0.15) is 5.26 Å². The van der Waals surface area contributed by atoms with Crippen molar-refractivity contribution >= 4 is 0 Å². The number of pyridine rings is 1. The van der Waals surface area contributed by atoms with E-state index in [1.54, 1.807) is 6.20 Å². The lowest BCUT2D eigenvalue weighted by Gasteiger charge is -1.92. The summed E-state index contributed by atoms with van der Waals surface area (Å²) in [5.74, 6) is 0.645. The summed E-state index contributed by atoms with van der Waals surface area (Å²) in [5.41, 5.74) is 1.07. The molecule has 0 amide bonds. The second kappa shape index (κ2) is 2.35. The van der Waals surface area contributed by atoms with E-state index in [4.69, 9.17) is 5.26 Å². The lowest BCUT2D eigenvalue weighted by Crippen LogP contribution is -1.84. The molecule has 1 aromatic rings. The molecule has 2 atom stereocenters. The summed E-state index contributed by atoms with van der Waals surface area (Å²) in [6.07, 6.45) is 2.77. The summed E-state index contributed by atoms with van der Waals surface area (Å²) in [4.78, 5) is 4.19. The topological polar surface area (TPSA) is 36.7 Å². The molecule has 1 saturated carbocycles. The first-order valence-corrected chi connectivity index (χ1v) is 3.72. The van der Waals surface area contributed by atoms with Crippen LogP contribution in [0.15, 0.2) is 24.4 Å². The molecule has 2 unspecified atom stereocenters. The van der Waals surface area contributed by atoms with Crippen molar-refractivity contribution in [1.82, 2.24) is 4.98 Å². The van der Waals surface area contributed by atoms with E-state index >= 15 is 0 Å². The van der Waals surface area contributed by atoms with E-state index in [0.717, 1.165) is 12.1 Å². The Morgan fingerprint density at radius 3 is 3.00 bits per heavy atom. The minimum atomic E-state index is 0.227. The Morgan fingerprint density at radius 2 is 2.45 bits per heavy atom. The van der Waals surface area contributed by atoms with Crippen LogP contribution in [0.25, 0.3) is 0 Å². The second-order valence-electron chi connectivity index (χ2n) is 2.83. The van der Waals surface area contributed by atoms with Gasteiger partial charge in [-0.25, -0.2) is 0 Å². The monoisotopic (exact) mass is 144 g/mol. The molecule has 2 nitrogen and oxygen atoms in total. The van der Waals surface area contributed by atoms with Gasteiger partial charge in [-0.1, -0.05) is 6.07 Å². The zero-order valence-electron chi connectivity index (χ0n) is 6.07. The Balaban J connectivity index is 2.16. The summed E-state index contributed by atoms with van der Waals surface area (Å²) in [7, 11) is 0. The highest BCUT2D eigenvalue weighted by molar-refractivity contribution is 5.22. The van der Waals surface area contributed by atoms with Crippen LogP contribution in [0.2, 0.25) is 0 Å². The molecule has 2 heteroatoms. The maximum atomic E-state index is 8.56. The summed E-state index contributed by atoms with van der Waals surface area (Å²) in [6.45, 7) is 0. The van der Waals surface area contributed by atoms with Crippen molar-refractivity contribution in [2.24, 2.45) is 5.92 Å². The number of nitrogens with zero attached hydrogens (tertiary/aromatic N) is 2. The van der Waals surface area contributed by atoms with Crippen molar-refractivity contribution in [3.05, 3.63) is 30.1 Å². The Labute approximate surface area is 65.5 Å². The lowest BCUT2D eigenvalue weighted by atomic mass is 10.2. The van der Waals surface area contributed by atoms with Crippen LogP contribution in [0, 0.1) is 17.2 Å². The van der Waals surface area contributed by atoms with E-state index in [2.05, 4.69) is 11.1 Å². The van der Waals surface area contributed by atoms with Gasteiger partial charge in [0.15, 0.2) is 0 Å². The van der Waals surface area contributed by atoms with E-state index in [9.17, 15) is 0 Å². The maximum Gasteiger partial charge on any atom is 0.0663 e. The first-order valence-electron chi connectivity index (χ1n) is 3.72. The predicted molar refractivity (Wildman–Crippen MR) is 40.7 cm³/mol. The van der Waals surface area contributed by atoms with Crippen molar-refractivity contribution in [1.29, 1.82) is 5.26 Å². The van der Waals surface area contributed by atoms with Gasteiger partial charge in [0.2, 0.25) is 0 Å². The SMILES string of the molecule is N#CC1CC1c1ccccn1. The van der Waals surface area contributed by atoms with Gasteiger partial charge in [0.05, 0.1) is 12.0 Å². The Morgan fingerprint density at radius 1 is 1.55 bits per heavy atom. The van der Waals surface area contributed by atoms with E-state index in [-0.39, 0.29) is 5.92 Å². The largest absolute Gasteiger partial charge is 0.261 e. The number of hydrogen-bond acceptors (Lipinski definition) is 2. The minimum absolute atomic E-state index is 0.227. The van der Waals surface area contributed by atoms with Crippen molar-refractivity contribution in [2.75, 3.05) is 0 Å². The fourth-order valence-electron chi connectivity index (χ4n) is 1.26. The van der Waals surface area contributed by atoms with Crippen LogP contribution in [-0.2, 0) is 0 Å². The third-order valence-electron chi connectivity index (χ3n) is 2.02.